The van der Waals surface area contributed by atoms with Crippen molar-refractivity contribution in [1.29, 1.82) is 1.28 Å². The zero-order valence-electron chi connectivity index (χ0n) is 9.57. The molecule has 1 fully saturated rings. The van der Waals surface area contributed by atoms with Crippen LogP contribution in [0.5, 0.6) is 0 Å². The molecule has 8 nitrogen and oxygen atoms in total. The number of ether oxygens (including phenoxy) is 1. The topological polar surface area (TPSA) is 117 Å². The van der Waals surface area contributed by atoms with Gasteiger partial charge in [0.15, 0.2) is 0 Å². The fourth-order valence-corrected chi connectivity index (χ4v) is 1.89. The third kappa shape index (κ3) is 3.49. The standard InChI is InChI=1S/C7H14NO7PS/c9-3-1-7(12,6(10)11)13-4(2-8-16)5(3)14-15-17/h3-5,8-9,12,17H,1-2,16H2,(H,10,11)/t3-,4?,5+,7-/m1/s1/i16T/t3-,4?,5+,7-,16?. The van der Waals surface area contributed by atoms with E-state index in [0.717, 1.165) is 0 Å². The number of aliphatic hydroxyl groups is 2. The van der Waals surface area contributed by atoms with Crippen LogP contribution in [0.4, 0.5) is 0 Å². The van der Waals surface area contributed by atoms with Gasteiger partial charge in [0, 0.05) is 25.9 Å². The van der Waals surface area contributed by atoms with E-state index < -0.39 is 36.5 Å². The Kier molecular flexibility index (Phi) is 4.95. The molecule has 100 valence electrons. The van der Waals surface area contributed by atoms with Crippen molar-refractivity contribution in [3.05, 3.63) is 0 Å². The molecule has 0 saturated carbocycles. The first-order valence-electron chi connectivity index (χ1n) is 5.12. The lowest BCUT2D eigenvalue weighted by Crippen LogP contribution is -2.60. The molecular weight excluding hydrogens is 273 g/mol. The Morgan fingerprint density at radius 2 is 2.53 bits per heavy atom. The van der Waals surface area contributed by atoms with Gasteiger partial charge in [0.05, 0.1) is 7.38 Å². The lowest BCUT2D eigenvalue weighted by molar-refractivity contribution is -0.345. The summed E-state index contributed by atoms with van der Waals surface area (Å²) in [5.74, 6) is -4.10. The highest BCUT2D eigenvalue weighted by molar-refractivity contribution is 7.74. The Labute approximate surface area is 106 Å². The number of aliphatic carboxylic acids is 1. The molecule has 1 saturated heterocycles. The van der Waals surface area contributed by atoms with E-state index in [4.69, 9.17) is 11.1 Å². The molecule has 1 aliphatic rings. The Bertz CT molecular complexity index is 301. The molecule has 1 rings (SSSR count). The molecule has 1 aliphatic heterocycles. The lowest BCUT2D eigenvalue weighted by atomic mass is 9.95. The van der Waals surface area contributed by atoms with Gasteiger partial charge in [-0.3, -0.25) is 5.09 Å². The van der Waals surface area contributed by atoms with Gasteiger partial charge in [-0.1, -0.05) is 9.34 Å². The summed E-state index contributed by atoms with van der Waals surface area (Å²) in [5, 5.41) is 30.9. The van der Waals surface area contributed by atoms with Crippen molar-refractivity contribution in [2.24, 2.45) is 0 Å². The predicted octanol–water partition coefficient (Wildman–Crippen LogP) is -1.55. The van der Waals surface area contributed by atoms with E-state index in [1.54, 1.807) is 0 Å². The van der Waals surface area contributed by atoms with Gasteiger partial charge in [0.1, 0.15) is 12.2 Å². The van der Waals surface area contributed by atoms with Crippen LogP contribution in [0.1, 0.15) is 6.42 Å². The monoisotopic (exact) mass is 289 g/mol. The number of nitrogens with one attached hydrogen (secondary N) is 1. The maximum atomic E-state index is 10.9. The predicted molar refractivity (Wildman–Crippen MR) is 60.7 cm³/mol. The first-order chi connectivity index (χ1) is 8.44. The van der Waals surface area contributed by atoms with Gasteiger partial charge in [-0.2, -0.15) is 4.33 Å². The van der Waals surface area contributed by atoms with E-state index in [1.165, 1.54) is 0 Å². The molecule has 0 aromatic carbocycles. The Morgan fingerprint density at radius 1 is 1.82 bits per heavy atom. The normalized spacial score (nSPS) is 39.5. The van der Waals surface area contributed by atoms with Crippen molar-refractivity contribution in [3.63, 3.8) is 0 Å². The zero-order chi connectivity index (χ0) is 13.8. The number of hydrogen-bond donors (Lipinski definition) is 5. The van der Waals surface area contributed by atoms with Crippen molar-refractivity contribution < 1.29 is 34.1 Å². The van der Waals surface area contributed by atoms with Gasteiger partial charge in [0.2, 0.25) is 0 Å². The van der Waals surface area contributed by atoms with Crippen molar-refractivity contribution in [2.45, 2.75) is 30.5 Å². The molecule has 17 heavy (non-hydrogen) atoms. The second-order valence-electron chi connectivity index (χ2n) is 3.53. The number of rotatable bonds is 6. The van der Waals surface area contributed by atoms with E-state index in [9.17, 15) is 15.0 Å². The Hall–Kier alpha value is 0.0100. The molecule has 0 aromatic heterocycles. The molecule has 2 unspecified atom stereocenters. The smallest absolute Gasteiger partial charge is 0.364 e. The van der Waals surface area contributed by atoms with E-state index >= 15 is 0 Å². The third-order valence-corrected chi connectivity index (χ3v) is 2.66. The minimum Gasteiger partial charge on any atom is -0.477 e. The first-order valence-corrected chi connectivity index (χ1v) is 5.49. The first kappa shape index (κ1) is 13.4. The number of carboxylic acid groups (broad SMARTS) is 1. The second kappa shape index (κ2) is 6.26. The van der Waals surface area contributed by atoms with Gasteiger partial charge < -0.3 is 20.1 Å². The summed E-state index contributed by atoms with van der Waals surface area (Å²) in [6, 6.07) is 0. The highest BCUT2D eigenvalue weighted by Gasteiger charge is 2.51. The average Bonchev–Trinajstić information content (AvgIpc) is 2.30. The quantitative estimate of drug-likeness (QED) is 0.131. The largest absolute Gasteiger partial charge is 0.477 e. The fraction of sp³-hybridized carbons (Fsp3) is 0.857. The molecule has 1 heterocycles. The van der Waals surface area contributed by atoms with Crippen molar-refractivity contribution in [2.75, 3.05) is 6.54 Å². The number of hydrogen-bond acceptors (Lipinski definition) is 8. The van der Waals surface area contributed by atoms with Crippen LogP contribution in [-0.4, -0.2) is 53.2 Å². The van der Waals surface area contributed by atoms with Gasteiger partial charge in [0.25, 0.3) is 5.79 Å². The number of thiol groups is 1. The minimum absolute atomic E-state index is 0.0103. The summed E-state index contributed by atoms with van der Waals surface area (Å²) in [6.45, 7) is 0.0103. The molecule has 0 aliphatic carbocycles. The van der Waals surface area contributed by atoms with Gasteiger partial charge in [-0.15, -0.1) is 0 Å². The van der Waals surface area contributed by atoms with Crippen LogP contribution in [0.25, 0.3) is 0 Å². The van der Waals surface area contributed by atoms with Crippen LogP contribution in [0, 0.1) is 0 Å². The number of carbonyl (C=O) groups is 1. The highest BCUT2D eigenvalue weighted by Crippen LogP contribution is 2.29. The summed E-state index contributed by atoms with van der Waals surface area (Å²) in [6.07, 6.45) is -3.90. The van der Waals surface area contributed by atoms with Crippen LogP contribution in [0.15, 0.2) is 0 Å². The molecule has 0 radical (unpaired) electrons. The summed E-state index contributed by atoms with van der Waals surface area (Å²) in [5.41, 5.74) is 0. The molecule has 4 N–H and O–H groups in total. The molecule has 0 aromatic rings. The molecule has 5 atom stereocenters. The van der Waals surface area contributed by atoms with Crippen molar-refractivity contribution in [1.82, 2.24) is 5.09 Å². The maximum Gasteiger partial charge on any atom is 0.364 e. The molecule has 0 spiro atoms. The van der Waals surface area contributed by atoms with Crippen molar-refractivity contribution >= 4 is 28.2 Å². The van der Waals surface area contributed by atoms with E-state index in [-0.39, 0.29) is 15.9 Å². The van der Waals surface area contributed by atoms with Crippen LogP contribution in [0.3, 0.4) is 0 Å². The zero-order valence-corrected chi connectivity index (χ0v) is 10.5. The van der Waals surface area contributed by atoms with Crippen LogP contribution in [-0.2, 0) is 18.8 Å². The van der Waals surface area contributed by atoms with E-state index in [2.05, 4.69) is 27.2 Å². The average molecular weight is 289 g/mol. The Balaban J connectivity index is 2.80. The highest BCUT2D eigenvalue weighted by atomic mass is 32.1. The summed E-state index contributed by atoms with van der Waals surface area (Å²) in [4.78, 5) is 15.5. The van der Waals surface area contributed by atoms with Gasteiger partial charge >= 0.3 is 5.97 Å². The second-order valence-corrected chi connectivity index (χ2v) is 4.04. The number of carboxylic acids is 1. The lowest BCUT2D eigenvalue weighted by Gasteiger charge is -2.40. The van der Waals surface area contributed by atoms with Gasteiger partial charge in [-0.05, 0) is 0 Å². The fourth-order valence-electron chi connectivity index (χ4n) is 1.58. The van der Waals surface area contributed by atoms with Crippen LogP contribution in [0.2, 0.25) is 0 Å². The van der Waals surface area contributed by atoms with Crippen LogP contribution >= 0.6 is 22.2 Å². The van der Waals surface area contributed by atoms with E-state index in [0.29, 0.717) is 0 Å². The van der Waals surface area contributed by atoms with Gasteiger partial charge in [-0.25, -0.2) is 9.68 Å². The Morgan fingerprint density at radius 3 is 3.06 bits per heavy atom. The summed E-state index contributed by atoms with van der Waals surface area (Å²) < 4.78 is 16.1. The minimum atomic E-state index is -2.49. The van der Waals surface area contributed by atoms with Crippen molar-refractivity contribution in [3.8, 4) is 0 Å². The molecule has 0 amide bonds. The molecular formula is C7H14NO7PS. The SMILES string of the molecule is [3H]PNCC1O[C@@](O)(C(=O)O)C[C@@H](O)[C@@H]1OOS. The third-order valence-electron chi connectivity index (χ3n) is 2.37. The summed E-state index contributed by atoms with van der Waals surface area (Å²) >= 11 is 3.36. The molecule has 0 bridgehead atoms. The summed E-state index contributed by atoms with van der Waals surface area (Å²) in [7, 11) is -0.364. The van der Waals surface area contributed by atoms with E-state index in [1.807, 2.05) is 0 Å². The maximum absolute atomic E-state index is 10.9. The number of aliphatic hydroxyl groups excluding tert-OH is 1. The van der Waals surface area contributed by atoms with Crippen LogP contribution < -0.4 is 5.09 Å². The molecule has 10 heteroatoms.